The Labute approximate surface area is 170 Å². The number of primary amides is 1. The number of rotatable bonds is 5. The highest BCUT2D eigenvalue weighted by Gasteiger charge is 2.41. The first-order valence-corrected chi connectivity index (χ1v) is 10.3. The Kier molecular flexibility index (Phi) is 5.66. The maximum atomic E-state index is 12.8. The number of carbonyl (C=O) groups is 2. The summed E-state index contributed by atoms with van der Waals surface area (Å²) in [6.45, 7) is 6.13. The SMILES string of the molecule is CC[C@@H]1C(C#N)=C(S[C@H](C(N)=O)c2ccccc2)NC2=C1C(=O)CC(C)(C)C2. The Morgan fingerprint density at radius 3 is 2.61 bits per heavy atom. The molecule has 0 saturated heterocycles. The lowest BCUT2D eigenvalue weighted by molar-refractivity contribution is -0.119. The summed E-state index contributed by atoms with van der Waals surface area (Å²) in [5.74, 6) is -0.593. The molecule has 28 heavy (non-hydrogen) atoms. The van der Waals surface area contributed by atoms with Gasteiger partial charge < -0.3 is 11.1 Å². The van der Waals surface area contributed by atoms with Crippen LogP contribution in [0, 0.1) is 22.7 Å². The van der Waals surface area contributed by atoms with Gasteiger partial charge in [0.25, 0.3) is 0 Å². The minimum absolute atomic E-state index is 0.108. The van der Waals surface area contributed by atoms with E-state index < -0.39 is 11.2 Å². The van der Waals surface area contributed by atoms with Gasteiger partial charge in [0.2, 0.25) is 5.91 Å². The Hall–Kier alpha value is -2.52. The highest BCUT2D eigenvalue weighted by molar-refractivity contribution is 8.03. The van der Waals surface area contributed by atoms with Crippen LogP contribution in [0.15, 0.2) is 52.2 Å². The van der Waals surface area contributed by atoms with Gasteiger partial charge in [0, 0.05) is 23.6 Å². The molecule has 146 valence electrons. The van der Waals surface area contributed by atoms with Crippen molar-refractivity contribution in [3.63, 3.8) is 0 Å². The monoisotopic (exact) mass is 395 g/mol. The molecule has 3 N–H and O–H groups in total. The number of Topliss-reactive ketones (excluding diaryl/α,β-unsaturated/α-hetero) is 1. The van der Waals surface area contributed by atoms with E-state index in [0.717, 1.165) is 23.3 Å². The number of nitriles is 1. The van der Waals surface area contributed by atoms with Crippen molar-refractivity contribution in [1.82, 2.24) is 5.32 Å². The zero-order valence-corrected chi connectivity index (χ0v) is 17.2. The number of nitrogens with zero attached hydrogens (tertiary/aromatic N) is 1. The smallest absolute Gasteiger partial charge is 0.235 e. The molecule has 0 aromatic heterocycles. The van der Waals surface area contributed by atoms with Crippen LogP contribution >= 0.6 is 11.8 Å². The highest BCUT2D eigenvalue weighted by atomic mass is 32.2. The first-order chi connectivity index (χ1) is 13.3. The van der Waals surface area contributed by atoms with Gasteiger partial charge in [0.1, 0.15) is 5.25 Å². The molecular weight excluding hydrogens is 370 g/mol. The van der Waals surface area contributed by atoms with Crippen LogP contribution in [-0.4, -0.2) is 11.7 Å². The predicted octanol–water partition coefficient (Wildman–Crippen LogP) is 3.95. The number of dihydropyridines is 1. The van der Waals surface area contributed by atoms with Crippen molar-refractivity contribution in [2.45, 2.75) is 45.3 Å². The van der Waals surface area contributed by atoms with Crippen LogP contribution in [0.4, 0.5) is 0 Å². The quantitative estimate of drug-likeness (QED) is 0.787. The van der Waals surface area contributed by atoms with E-state index in [4.69, 9.17) is 5.73 Å². The van der Waals surface area contributed by atoms with E-state index in [1.807, 2.05) is 37.3 Å². The maximum absolute atomic E-state index is 12.8. The van der Waals surface area contributed by atoms with Crippen LogP contribution < -0.4 is 11.1 Å². The fraction of sp³-hybridized carbons (Fsp3) is 0.409. The third-order valence-electron chi connectivity index (χ3n) is 5.25. The van der Waals surface area contributed by atoms with E-state index in [9.17, 15) is 14.9 Å². The Morgan fingerprint density at radius 2 is 2.04 bits per heavy atom. The molecule has 1 aromatic carbocycles. The lowest BCUT2D eigenvalue weighted by Gasteiger charge is -2.39. The van der Waals surface area contributed by atoms with E-state index in [1.54, 1.807) is 0 Å². The first kappa shape index (κ1) is 20.2. The van der Waals surface area contributed by atoms with Crippen molar-refractivity contribution < 1.29 is 9.59 Å². The fourth-order valence-corrected chi connectivity index (χ4v) is 5.17. The third-order valence-corrected chi connectivity index (χ3v) is 6.55. The average Bonchev–Trinajstić information content (AvgIpc) is 2.64. The molecule has 0 radical (unpaired) electrons. The van der Waals surface area contributed by atoms with Gasteiger partial charge in [-0.3, -0.25) is 9.59 Å². The number of ketones is 1. The van der Waals surface area contributed by atoms with Gasteiger partial charge in [-0.05, 0) is 23.8 Å². The molecule has 0 unspecified atom stereocenters. The summed E-state index contributed by atoms with van der Waals surface area (Å²) in [4.78, 5) is 25.0. The molecule has 0 bridgehead atoms. The molecule has 6 heteroatoms. The van der Waals surface area contributed by atoms with Crippen LogP contribution in [0.1, 0.15) is 50.8 Å². The van der Waals surface area contributed by atoms with Gasteiger partial charge in [0.15, 0.2) is 5.78 Å². The second-order valence-corrected chi connectivity index (χ2v) is 9.20. The second-order valence-electron chi connectivity index (χ2n) is 8.08. The largest absolute Gasteiger partial charge is 0.368 e. The molecule has 5 nitrogen and oxygen atoms in total. The van der Waals surface area contributed by atoms with Crippen molar-refractivity contribution in [3.05, 3.63) is 57.8 Å². The Balaban J connectivity index is 2.01. The number of allylic oxidation sites excluding steroid dienone is 3. The number of nitrogens with two attached hydrogens (primary N) is 1. The third kappa shape index (κ3) is 3.85. The van der Waals surface area contributed by atoms with E-state index in [0.29, 0.717) is 23.4 Å². The molecule has 1 aliphatic heterocycles. The lowest BCUT2D eigenvalue weighted by Crippen LogP contribution is -2.37. The summed E-state index contributed by atoms with van der Waals surface area (Å²) in [6, 6.07) is 11.6. The van der Waals surface area contributed by atoms with Crippen LogP contribution in [0.3, 0.4) is 0 Å². The van der Waals surface area contributed by atoms with E-state index in [1.165, 1.54) is 11.8 Å². The molecular formula is C22H25N3O2S. The van der Waals surface area contributed by atoms with Gasteiger partial charge in [-0.15, -0.1) is 0 Å². The second kappa shape index (κ2) is 7.84. The van der Waals surface area contributed by atoms with Gasteiger partial charge >= 0.3 is 0 Å². The number of thioether (sulfide) groups is 1. The predicted molar refractivity (Wildman–Crippen MR) is 111 cm³/mol. The van der Waals surface area contributed by atoms with Crippen molar-refractivity contribution in [2.24, 2.45) is 17.1 Å². The number of nitrogens with one attached hydrogen (secondary N) is 1. The zero-order chi connectivity index (χ0) is 20.5. The molecule has 2 atom stereocenters. The maximum Gasteiger partial charge on any atom is 0.235 e. The summed E-state index contributed by atoms with van der Waals surface area (Å²) in [6.07, 6.45) is 1.88. The minimum atomic E-state index is -0.612. The molecule has 0 spiro atoms. The summed E-state index contributed by atoms with van der Waals surface area (Å²) in [5, 5.41) is 13.2. The molecule has 1 aromatic rings. The lowest BCUT2D eigenvalue weighted by atomic mass is 9.70. The number of carbonyl (C=O) groups excluding carboxylic acids is 2. The van der Waals surface area contributed by atoms with Gasteiger partial charge in [-0.25, -0.2) is 0 Å². The van der Waals surface area contributed by atoms with Crippen LogP contribution in [-0.2, 0) is 9.59 Å². The number of hydrogen-bond donors (Lipinski definition) is 2. The highest BCUT2D eigenvalue weighted by Crippen LogP contribution is 2.47. The van der Waals surface area contributed by atoms with E-state index >= 15 is 0 Å². The van der Waals surface area contributed by atoms with Crippen LogP contribution in [0.2, 0.25) is 0 Å². The van der Waals surface area contributed by atoms with Gasteiger partial charge in [-0.1, -0.05) is 62.9 Å². The van der Waals surface area contributed by atoms with E-state index in [2.05, 4.69) is 25.2 Å². The summed E-state index contributed by atoms with van der Waals surface area (Å²) in [7, 11) is 0. The zero-order valence-electron chi connectivity index (χ0n) is 16.4. The molecule has 3 rings (SSSR count). The summed E-state index contributed by atoms with van der Waals surface area (Å²) >= 11 is 1.26. The molecule has 1 amide bonds. The standard InChI is InChI=1S/C22H25N3O2S/c1-4-14-15(12-23)21(25-16-10-22(2,3)11-17(26)18(14)16)28-19(20(24)27)13-8-6-5-7-9-13/h5-9,14,19,25H,4,10-11H2,1-3H3,(H2,24,27)/t14-,19+/m1/s1. The molecule has 1 heterocycles. The minimum Gasteiger partial charge on any atom is -0.368 e. The summed E-state index contributed by atoms with van der Waals surface area (Å²) < 4.78 is 0. The van der Waals surface area contributed by atoms with Gasteiger partial charge in [0.05, 0.1) is 16.7 Å². The number of hydrogen-bond acceptors (Lipinski definition) is 5. The summed E-state index contributed by atoms with van der Waals surface area (Å²) in [5.41, 5.74) is 8.46. The molecule has 1 aliphatic carbocycles. The average molecular weight is 396 g/mol. The van der Waals surface area contributed by atoms with Crippen molar-refractivity contribution in [2.75, 3.05) is 0 Å². The normalized spacial score (nSPS) is 22.2. The van der Waals surface area contributed by atoms with Crippen molar-refractivity contribution >= 4 is 23.5 Å². The fourth-order valence-electron chi connectivity index (χ4n) is 4.02. The van der Waals surface area contributed by atoms with Crippen LogP contribution in [0.25, 0.3) is 0 Å². The van der Waals surface area contributed by atoms with E-state index in [-0.39, 0.29) is 17.1 Å². The Bertz CT molecular complexity index is 909. The first-order valence-electron chi connectivity index (χ1n) is 9.46. The number of amides is 1. The topological polar surface area (TPSA) is 96.0 Å². The molecule has 2 aliphatic rings. The Morgan fingerprint density at radius 1 is 1.36 bits per heavy atom. The van der Waals surface area contributed by atoms with Crippen LogP contribution in [0.5, 0.6) is 0 Å². The molecule has 0 saturated carbocycles. The number of benzene rings is 1. The van der Waals surface area contributed by atoms with Gasteiger partial charge in [-0.2, -0.15) is 5.26 Å². The van der Waals surface area contributed by atoms with Crippen molar-refractivity contribution in [3.8, 4) is 6.07 Å². The molecule has 0 fully saturated rings. The van der Waals surface area contributed by atoms with Crippen molar-refractivity contribution in [1.29, 1.82) is 5.26 Å².